The molecule has 0 aliphatic carbocycles. The Morgan fingerprint density at radius 1 is 1.47 bits per heavy atom. The topological polar surface area (TPSA) is 80.9 Å². The van der Waals surface area contributed by atoms with E-state index >= 15 is 0 Å². The highest BCUT2D eigenvalue weighted by atomic mass is 32.1. The molecule has 0 radical (unpaired) electrons. The summed E-state index contributed by atoms with van der Waals surface area (Å²) in [5.74, 6) is 0.0585. The van der Waals surface area contributed by atoms with Crippen molar-refractivity contribution >= 4 is 29.3 Å². The van der Waals surface area contributed by atoms with Crippen LogP contribution in [-0.4, -0.2) is 15.9 Å². The lowest BCUT2D eigenvalue weighted by Gasteiger charge is -2.10. The average molecular weight is 274 g/mol. The van der Waals surface area contributed by atoms with E-state index in [-0.39, 0.29) is 17.9 Å². The first-order valence-corrected chi connectivity index (χ1v) is 6.67. The van der Waals surface area contributed by atoms with E-state index in [1.165, 1.54) is 6.08 Å². The number of carbonyl (C=O) groups is 1. The number of nitrogens with two attached hydrogens (primary N) is 1. The van der Waals surface area contributed by atoms with Crippen LogP contribution in [0.1, 0.15) is 24.1 Å². The smallest absolute Gasteiger partial charge is 0.244 e. The molecule has 0 spiro atoms. The number of nitrogen functional groups attached to an aromatic ring is 1. The highest BCUT2D eigenvalue weighted by molar-refractivity contribution is 7.07. The average Bonchev–Trinajstić information content (AvgIpc) is 2.92. The lowest BCUT2D eigenvalue weighted by atomic mass is 10.2. The molecule has 0 saturated heterocycles. The lowest BCUT2D eigenvalue weighted by molar-refractivity contribution is -0.117. The minimum absolute atomic E-state index is 0.00827. The number of nitrogens with one attached hydrogen (secondary N) is 1. The molecule has 0 bridgehead atoms. The number of hydrogen-bond donors (Lipinski definition) is 2. The quantitative estimate of drug-likeness (QED) is 0.836. The van der Waals surface area contributed by atoms with Crippen LogP contribution in [0.2, 0.25) is 0 Å². The van der Waals surface area contributed by atoms with Gasteiger partial charge in [0.15, 0.2) is 0 Å². The van der Waals surface area contributed by atoms with Gasteiger partial charge in [0.1, 0.15) is 0 Å². The normalized spacial score (nSPS) is 12.5. The Kier molecular flexibility index (Phi) is 4.25. The van der Waals surface area contributed by atoms with Gasteiger partial charge in [-0.2, -0.15) is 11.3 Å². The first kappa shape index (κ1) is 13.2. The molecule has 3 N–H and O–H groups in total. The highest BCUT2D eigenvalue weighted by Gasteiger charge is 2.07. The molecule has 2 aromatic heterocycles. The van der Waals surface area contributed by atoms with E-state index in [0.717, 1.165) is 11.1 Å². The summed E-state index contributed by atoms with van der Waals surface area (Å²) in [5.41, 5.74) is 7.21. The Balaban J connectivity index is 1.92. The molecule has 19 heavy (non-hydrogen) atoms. The molecular weight excluding hydrogens is 260 g/mol. The van der Waals surface area contributed by atoms with Gasteiger partial charge in [0.25, 0.3) is 0 Å². The van der Waals surface area contributed by atoms with Crippen molar-refractivity contribution in [2.45, 2.75) is 13.0 Å². The predicted octanol–water partition coefficient (Wildman–Crippen LogP) is 2.01. The highest BCUT2D eigenvalue weighted by Crippen LogP contribution is 2.15. The van der Waals surface area contributed by atoms with Gasteiger partial charge >= 0.3 is 0 Å². The lowest BCUT2D eigenvalue weighted by Crippen LogP contribution is -2.24. The summed E-state index contributed by atoms with van der Waals surface area (Å²) in [7, 11) is 0. The largest absolute Gasteiger partial charge is 0.368 e. The monoisotopic (exact) mass is 274 g/mol. The molecule has 2 rings (SSSR count). The zero-order valence-electron chi connectivity index (χ0n) is 10.4. The second-order valence-corrected chi connectivity index (χ2v) is 4.77. The maximum absolute atomic E-state index is 11.7. The Morgan fingerprint density at radius 2 is 2.21 bits per heavy atom. The van der Waals surface area contributed by atoms with Crippen molar-refractivity contribution in [1.82, 2.24) is 15.3 Å². The van der Waals surface area contributed by atoms with Crippen LogP contribution in [0.25, 0.3) is 6.08 Å². The van der Waals surface area contributed by atoms with Gasteiger partial charge in [0.2, 0.25) is 11.9 Å². The fraction of sp³-hybridized carbons (Fsp3) is 0.154. The van der Waals surface area contributed by atoms with E-state index < -0.39 is 0 Å². The third-order valence-electron chi connectivity index (χ3n) is 2.52. The van der Waals surface area contributed by atoms with Gasteiger partial charge in [-0.3, -0.25) is 4.79 Å². The van der Waals surface area contributed by atoms with Crippen molar-refractivity contribution in [1.29, 1.82) is 0 Å². The van der Waals surface area contributed by atoms with Crippen molar-refractivity contribution < 1.29 is 4.79 Å². The van der Waals surface area contributed by atoms with E-state index in [2.05, 4.69) is 15.3 Å². The van der Waals surface area contributed by atoms with Crippen LogP contribution in [0.5, 0.6) is 0 Å². The molecule has 2 heterocycles. The summed E-state index contributed by atoms with van der Waals surface area (Å²) in [5, 5.41) is 6.88. The van der Waals surface area contributed by atoms with E-state index in [4.69, 9.17) is 5.73 Å². The van der Waals surface area contributed by atoms with E-state index in [9.17, 15) is 4.79 Å². The number of hydrogen-bond acceptors (Lipinski definition) is 5. The second-order valence-electron chi connectivity index (χ2n) is 3.99. The summed E-state index contributed by atoms with van der Waals surface area (Å²) in [6.07, 6.45) is 6.23. The fourth-order valence-corrected chi connectivity index (χ4v) is 2.23. The molecule has 6 heteroatoms. The number of anilines is 1. The Labute approximate surface area is 115 Å². The van der Waals surface area contributed by atoms with E-state index in [1.807, 2.05) is 23.8 Å². The third kappa shape index (κ3) is 3.89. The fourth-order valence-electron chi connectivity index (χ4n) is 1.47. The van der Waals surface area contributed by atoms with Crippen molar-refractivity contribution in [2.24, 2.45) is 0 Å². The Bertz CT molecular complexity index is 563. The summed E-state index contributed by atoms with van der Waals surface area (Å²) in [6.45, 7) is 1.94. The van der Waals surface area contributed by atoms with Crippen LogP contribution in [-0.2, 0) is 4.79 Å². The number of thiophene rings is 1. The Morgan fingerprint density at radius 3 is 2.84 bits per heavy atom. The standard InChI is InChI=1S/C13H14N4OS/c1-9(11-4-5-19-8-11)17-12(18)3-2-10-6-15-13(14)16-7-10/h2-9H,1H3,(H,17,18)(H2,14,15,16)/b3-2+. The number of amides is 1. The first-order chi connectivity index (χ1) is 9.15. The maximum Gasteiger partial charge on any atom is 0.244 e. The number of nitrogens with zero attached hydrogens (tertiary/aromatic N) is 2. The van der Waals surface area contributed by atoms with Crippen molar-refractivity contribution in [3.8, 4) is 0 Å². The molecular formula is C13H14N4OS. The van der Waals surface area contributed by atoms with Crippen LogP contribution in [0.4, 0.5) is 5.95 Å². The van der Waals surface area contributed by atoms with Gasteiger partial charge in [-0.1, -0.05) is 0 Å². The molecule has 1 amide bonds. The predicted molar refractivity (Wildman–Crippen MR) is 76.4 cm³/mol. The molecule has 0 saturated carbocycles. The summed E-state index contributed by atoms with van der Waals surface area (Å²) in [4.78, 5) is 19.4. The van der Waals surface area contributed by atoms with Crippen molar-refractivity contribution in [2.75, 3.05) is 5.73 Å². The number of aromatic nitrogens is 2. The Hall–Kier alpha value is -2.21. The minimum atomic E-state index is -0.157. The van der Waals surface area contributed by atoms with Crippen LogP contribution in [0, 0.1) is 0 Å². The van der Waals surface area contributed by atoms with Crippen molar-refractivity contribution in [3.05, 3.63) is 46.4 Å². The molecule has 2 aromatic rings. The van der Waals surface area contributed by atoms with Crippen molar-refractivity contribution in [3.63, 3.8) is 0 Å². The van der Waals surface area contributed by atoms with Gasteiger partial charge in [-0.15, -0.1) is 0 Å². The molecule has 1 atom stereocenters. The third-order valence-corrected chi connectivity index (χ3v) is 3.22. The van der Waals surface area contributed by atoms with Crippen LogP contribution in [0.3, 0.4) is 0 Å². The van der Waals surface area contributed by atoms with Gasteiger partial charge in [-0.25, -0.2) is 9.97 Å². The SMILES string of the molecule is CC(NC(=O)/C=C/c1cnc(N)nc1)c1ccsc1. The maximum atomic E-state index is 11.7. The molecule has 0 aromatic carbocycles. The van der Waals surface area contributed by atoms with Gasteiger partial charge in [0.05, 0.1) is 6.04 Å². The zero-order valence-corrected chi connectivity index (χ0v) is 11.2. The zero-order chi connectivity index (χ0) is 13.7. The van der Waals surface area contributed by atoms with E-state index in [0.29, 0.717) is 0 Å². The molecule has 1 unspecified atom stereocenters. The summed E-state index contributed by atoms with van der Waals surface area (Å²) >= 11 is 1.61. The molecule has 0 aliphatic heterocycles. The first-order valence-electron chi connectivity index (χ1n) is 5.73. The molecule has 0 fully saturated rings. The molecule has 0 aliphatic rings. The van der Waals surface area contributed by atoms with Gasteiger partial charge in [-0.05, 0) is 35.4 Å². The van der Waals surface area contributed by atoms with Crippen LogP contribution < -0.4 is 11.1 Å². The molecule has 5 nitrogen and oxygen atoms in total. The summed E-state index contributed by atoms with van der Waals surface area (Å²) in [6, 6.07) is 1.98. The molecule has 98 valence electrons. The van der Waals surface area contributed by atoms with Gasteiger partial charge in [0, 0.05) is 24.0 Å². The van der Waals surface area contributed by atoms with E-state index in [1.54, 1.807) is 29.8 Å². The summed E-state index contributed by atoms with van der Waals surface area (Å²) < 4.78 is 0. The number of rotatable bonds is 4. The van der Waals surface area contributed by atoms with Crippen LogP contribution >= 0.6 is 11.3 Å². The van der Waals surface area contributed by atoms with Gasteiger partial charge < -0.3 is 11.1 Å². The minimum Gasteiger partial charge on any atom is -0.368 e. The number of carbonyl (C=O) groups excluding carboxylic acids is 1. The van der Waals surface area contributed by atoms with Crippen LogP contribution in [0.15, 0.2) is 35.3 Å². The second kappa shape index (κ2) is 6.10.